The summed E-state index contributed by atoms with van der Waals surface area (Å²) in [6.07, 6.45) is 0. The number of fused-ring (bicyclic) bond motifs is 10. The van der Waals surface area contributed by atoms with E-state index in [0.717, 1.165) is 11.5 Å². The molecule has 0 unspecified atom stereocenters. The number of anilines is 3. The Hall–Kier alpha value is -5.43. The molecule has 3 aliphatic rings. The summed E-state index contributed by atoms with van der Waals surface area (Å²) in [6, 6.07) is 63.7. The Balaban J connectivity index is 1.34. The van der Waals surface area contributed by atoms with Crippen molar-refractivity contribution in [1.29, 1.82) is 0 Å². The van der Waals surface area contributed by atoms with Crippen LogP contribution in [0.3, 0.4) is 0 Å². The Morgan fingerprint density at radius 2 is 1.00 bits per heavy atom. The molecule has 2 nitrogen and oxygen atoms in total. The zero-order valence-electron chi connectivity index (χ0n) is 27.5. The maximum Gasteiger partial charge on any atom is 0.188 e. The number of hydrogen-bond acceptors (Lipinski definition) is 2. The normalized spacial score (nSPS) is 15.9. The Labute approximate surface area is 290 Å². The molecule has 4 heteroatoms. The summed E-state index contributed by atoms with van der Waals surface area (Å²) in [6.45, 7) is 4.72. The molecule has 0 amide bonds. The molecule has 1 radical (unpaired) electrons. The maximum absolute atomic E-state index is 6.74. The SMILES string of the molecule is CC1(C)c2ccccc2N(c2ccc3c(c2)[Si]2(c4ccccc4Oc4ccccc42)c2ccccc2[Si]3c2ccccc2)c2ccccc21. The van der Waals surface area contributed by atoms with Gasteiger partial charge in [-0.05, 0) is 68.3 Å². The molecule has 7 aromatic rings. The number of nitrogens with zero attached hydrogens (tertiary/aromatic N) is 1. The fourth-order valence-electron chi connectivity index (χ4n) is 8.96. The van der Waals surface area contributed by atoms with Gasteiger partial charge in [0.25, 0.3) is 0 Å². The van der Waals surface area contributed by atoms with Crippen molar-refractivity contribution in [2.75, 3.05) is 4.90 Å². The average molecular weight is 661 g/mol. The molecular weight excluding hydrogens is 627 g/mol. The highest BCUT2D eigenvalue weighted by molar-refractivity contribution is 7.27. The van der Waals surface area contributed by atoms with E-state index >= 15 is 0 Å². The van der Waals surface area contributed by atoms with Crippen LogP contribution in [-0.4, -0.2) is 16.9 Å². The fourth-order valence-corrected chi connectivity index (χ4v) is 18.6. The van der Waals surface area contributed by atoms with Crippen LogP contribution in [0.1, 0.15) is 25.0 Å². The first kappa shape index (κ1) is 28.6. The lowest BCUT2D eigenvalue weighted by Crippen LogP contribution is -2.87. The second-order valence-electron chi connectivity index (χ2n) is 13.9. The smallest absolute Gasteiger partial charge is 0.188 e. The maximum atomic E-state index is 6.74. The molecule has 0 aliphatic carbocycles. The van der Waals surface area contributed by atoms with E-state index in [1.165, 1.54) is 64.5 Å². The summed E-state index contributed by atoms with van der Waals surface area (Å²) in [5.41, 5.74) is 6.28. The molecule has 3 aliphatic heterocycles. The van der Waals surface area contributed by atoms with Crippen LogP contribution in [-0.2, 0) is 5.41 Å². The molecule has 3 heterocycles. The van der Waals surface area contributed by atoms with Gasteiger partial charge in [-0.25, -0.2) is 0 Å². The van der Waals surface area contributed by atoms with Crippen molar-refractivity contribution in [2.24, 2.45) is 0 Å². The topological polar surface area (TPSA) is 12.5 Å². The van der Waals surface area contributed by atoms with Gasteiger partial charge in [-0.2, -0.15) is 0 Å². The van der Waals surface area contributed by atoms with Gasteiger partial charge in [-0.1, -0.05) is 163 Å². The minimum absolute atomic E-state index is 0.116. The molecular formula is C45H34NOSi2. The Kier molecular flexibility index (Phi) is 6.14. The van der Waals surface area contributed by atoms with Crippen LogP contribution in [0.4, 0.5) is 17.1 Å². The van der Waals surface area contributed by atoms with Gasteiger partial charge in [0, 0.05) is 11.1 Å². The number of ether oxygens (including phenoxy) is 1. The first-order valence-corrected chi connectivity index (χ1v) is 20.6. The number of para-hydroxylation sites is 4. The van der Waals surface area contributed by atoms with Crippen molar-refractivity contribution in [2.45, 2.75) is 19.3 Å². The first-order chi connectivity index (χ1) is 24.1. The average Bonchev–Trinajstić information content (AvgIpc) is 3.15. The van der Waals surface area contributed by atoms with E-state index in [9.17, 15) is 0 Å². The standard InChI is InChI=1S/C45H34NOSi2/c1-45(2)33-18-6-8-20-35(33)46(36-21-9-7-19-34(36)45)31-28-29-40-44(30-31)49(41-25-13-10-22-37(41)47-38-23-11-14-26-42(38)49)43-27-15-12-24-39(43)48(40)32-16-4-3-5-17-32/h3-30H,1-2H3. The predicted octanol–water partition coefficient (Wildman–Crippen LogP) is 6.11. The fraction of sp³-hybridized carbons (Fsp3) is 0.0667. The van der Waals surface area contributed by atoms with Crippen molar-refractivity contribution >= 4 is 70.2 Å². The van der Waals surface area contributed by atoms with Crippen molar-refractivity contribution in [1.82, 2.24) is 0 Å². The molecule has 0 bridgehead atoms. The van der Waals surface area contributed by atoms with Gasteiger partial charge in [-0.3, -0.25) is 0 Å². The van der Waals surface area contributed by atoms with E-state index in [-0.39, 0.29) is 5.41 Å². The lowest BCUT2D eigenvalue weighted by Gasteiger charge is -2.46. The molecule has 0 fully saturated rings. The second-order valence-corrected chi connectivity index (χ2v) is 19.9. The summed E-state index contributed by atoms with van der Waals surface area (Å²) in [7, 11) is -4.19. The van der Waals surface area contributed by atoms with Gasteiger partial charge in [0.1, 0.15) is 11.5 Å². The summed E-state index contributed by atoms with van der Waals surface area (Å²) in [5, 5.41) is 10.0. The number of rotatable bonds is 2. The quantitative estimate of drug-likeness (QED) is 0.208. The minimum Gasteiger partial charge on any atom is -0.458 e. The highest BCUT2D eigenvalue weighted by Crippen LogP contribution is 2.51. The summed E-state index contributed by atoms with van der Waals surface area (Å²) in [4.78, 5) is 2.52. The van der Waals surface area contributed by atoms with E-state index < -0.39 is 16.9 Å². The van der Waals surface area contributed by atoms with Crippen LogP contribution in [0, 0.1) is 0 Å². The third-order valence-electron chi connectivity index (χ3n) is 11.0. The van der Waals surface area contributed by atoms with E-state index in [2.05, 4.69) is 189 Å². The molecule has 0 saturated carbocycles. The third kappa shape index (κ3) is 3.87. The van der Waals surface area contributed by atoms with Crippen LogP contribution in [0.5, 0.6) is 11.5 Å². The van der Waals surface area contributed by atoms with Crippen LogP contribution >= 0.6 is 0 Å². The van der Waals surface area contributed by atoms with E-state index in [0.29, 0.717) is 0 Å². The van der Waals surface area contributed by atoms with E-state index in [1.807, 2.05) is 0 Å². The van der Waals surface area contributed by atoms with Crippen molar-refractivity contribution in [3.63, 3.8) is 0 Å². The largest absolute Gasteiger partial charge is 0.458 e. The predicted molar refractivity (Wildman–Crippen MR) is 208 cm³/mol. The molecule has 1 spiro atoms. The number of hydrogen-bond donors (Lipinski definition) is 0. The van der Waals surface area contributed by atoms with Gasteiger partial charge in [0.15, 0.2) is 16.9 Å². The number of benzene rings is 7. The second kappa shape index (κ2) is 10.5. The minimum atomic E-state index is -2.86. The Bertz CT molecular complexity index is 2340. The zero-order chi connectivity index (χ0) is 32.7. The van der Waals surface area contributed by atoms with Crippen molar-refractivity contribution in [3.8, 4) is 11.5 Å². The molecule has 233 valence electrons. The summed E-state index contributed by atoms with van der Waals surface area (Å²) < 4.78 is 6.74. The first-order valence-electron chi connectivity index (χ1n) is 17.1. The van der Waals surface area contributed by atoms with Gasteiger partial charge in [0.2, 0.25) is 0 Å². The van der Waals surface area contributed by atoms with Gasteiger partial charge >= 0.3 is 0 Å². The molecule has 49 heavy (non-hydrogen) atoms. The van der Waals surface area contributed by atoms with Crippen LogP contribution in [0.25, 0.3) is 0 Å². The zero-order valence-corrected chi connectivity index (χ0v) is 29.5. The monoisotopic (exact) mass is 660 g/mol. The lowest BCUT2D eigenvalue weighted by molar-refractivity contribution is 0.487. The van der Waals surface area contributed by atoms with Crippen LogP contribution in [0.2, 0.25) is 0 Å². The van der Waals surface area contributed by atoms with Gasteiger partial charge in [0.05, 0.1) is 11.4 Å². The van der Waals surface area contributed by atoms with Gasteiger partial charge < -0.3 is 9.64 Å². The molecule has 0 N–H and O–H groups in total. The summed E-state index contributed by atoms with van der Waals surface area (Å²) in [5.74, 6) is 1.95. The molecule has 7 aromatic carbocycles. The molecule has 10 rings (SSSR count). The highest BCUT2D eigenvalue weighted by Gasteiger charge is 2.54. The van der Waals surface area contributed by atoms with Crippen molar-refractivity contribution < 1.29 is 4.74 Å². The molecule has 0 saturated heterocycles. The van der Waals surface area contributed by atoms with Crippen molar-refractivity contribution in [3.05, 3.63) is 181 Å². The van der Waals surface area contributed by atoms with E-state index in [4.69, 9.17) is 4.74 Å². The van der Waals surface area contributed by atoms with Crippen LogP contribution < -0.4 is 45.9 Å². The van der Waals surface area contributed by atoms with E-state index in [1.54, 1.807) is 0 Å². The Morgan fingerprint density at radius 3 is 1.65 bits per heavy atom. The highest BCUT2D eigenvalue weighted by atomic mass is 28.3. The summed E-state index contributed by atoms with van der Waals surface area (Å²) >= 11 is 0. The lowest BCUT2D eigenvalue weighted by atomic mass is 9.73. The Morgan fingerprint density at radius 1 is 0.490 bits per heavy atom. The molecule has 0 atom stereocenters. The van der Waals surface area contributed by atoms with Crippen LogP contribution in [0.15, 0.2) is 170 Å². The molecule has 0 aromatic heterocycles. The third-order valence-corrected chi connectivity index (χ3v) is 19.3. The van der Waals surface area contributed by atoms with Gasteiger partial charge in [-0.15, -0.1) is 0 Å².